The van der Waals surface area contributed by atoms with Crippen LogP contribution in [0.15, 0.2) is 42.5 Å². The lowest BCUT2D eigenvalue weighted by Gasteiger charge is -2.15. The third-order valence-corrected chi connectivity index (χ3v) is 3.88. The highest BCUT2D eigenvalue weighted by Crippen LogP contribution is 2.28. The molecule has 0 bridgehead atoms. The fourth-order valence-electron chi connectivity index (χ4n) is 2.11. The Labute approximate surface area is 128 Å². The molecular weight excluding hydrogens is 293 g/mol. The van der Waals surface area contributed by atoms with Gasteiger partial charge in [-0.3, -0.25) is 0 Å². The lowest BCUT2D eigenvalue weighted by molar-refractivity contribution is 0.306. The van der Waals surface area contributed by atoms with Gasteiger partial charge in [-0.25, -0.2) is 0 Å². The van der Waals surface area contributed by atoms with Crippen LogP contribution in [0.3, 0.4) is 0 Å². The van der Waals surface area contributed by atoms with Gasteiger partial charge in [0.1, 0.15) is 12.4 Å². The molecule has 102 valence electrons. The standard InChI is InChI=1S/C16H13Cl2NO/c17-14-4-1-5-15(18)13(14)10-20-12-6-7-16-11(9-12)3-2-8-19-16/h1-7,9,19H,8,10H2. The summed E-state index contributed by atoms with van der Waals surface area (Å²) in [7, 11) is 0. The summed E-state index contributed by atoms with van der Waals surface area (Å²) >= 11 is 12.3. The molecule has 0 spiro atoms. The van der Waals surface area contributed by atoms with Crippen molar-refractivity contribution in [3.8, 4) is 5.75 Å². The highest BCUT2D eigenvalue weighted by Gasteiger charge is 2.08. The van der Waals surface area contributed by atoms with Crippen molar-refractivity contribution in [2.75, 3.05) is 11.9 Å². The summed E-state index contributed by atoms with van der Waals surface area (Å²) in [5.41, 5.74) is 3.05. The van der Waals surface area contributed by atoms with Gasteiger partial charge < -0.3 is 10.1 Å². The number of nitrogens with one attached hydrogen (secondary N) is 1. The summed E-state index contributed by atoms with van der Waals surface area (Å²) in [6.45, 7) is 1.22. The Morgan fingerprint density at radius 1 is 1.10 bits per heavy atom. The Kier molecular flexibility index (Phi) is 3.86. The number of benzene rings is 2. The van der Waals surface area contributed by atoms with Crippen molar-refractivity contribution in [1.82, 2.24) is 0 Å². The highest BCUT2D eigenvalue weighted by molar-refractivity contribution is 6.35. The molecule has 0 radical (unpaired) electrons. The predicted molar refractivity (Wildman–Crippen MR) is 84.8 cm³/mol. The van der Waals surface area contributed by atoms with Gasteiger partial charge in [-0.15, -0.1) is 0 Å². The Hall–Kier alpha value is -1.64. The number of hydrogen-bond acceptors (Lipinski definition) is 2. The molecule has 1 heterocycles. The third kappa shape index (κ3) is 2.77. The van der Waals surface area contributed by atoms with Gasteiger partial charge in [-0.05, 0) is 30.3 Å². The molecule has 2 nitrogen and oxygen atoms in total. The first kappa shape index (κ1) is 13.3. The Balaban J connectivity index is 1.78. The minimum absolute atomic E-state index is 0.356. The molecule has 3 rings (SSSR count). The normalized spacial score (nSPS) is 12.7. The fraction of sp³-hybridized carbons (Fsp3) is 0.125. The molecule has 2 aromatic rings. The lowest BCUT2D eigenvalue weighted by atomic mass is 10.1. The molecule has 0 saturated carbocycles. The van der Waals surface area contributed by atoms with Gasteiger partial charge in [0, 0.05) is 33.4 Å². The molecule has 0 aromatic heterocycles. The number of halogens is 2. The van der Waals surface area contributed by atoms with Crippen LogP contribution < -0.4 is 10.1 Å². The Morgan fingerprint density at radius 2 is 1.90 bits per heavy atom. The van der Waals surface area contributed by atoms with Crippen LogP contribution in [0.2, 0.25) is 10.0 Å². The van der Waals surface area contributed by atoms with Crippen LogP contribution in [0.25, 0.3) is 6.08 Å². The average molecular weight is 306 g/mol. The van der Waals surface area contributed by atoms with E-state index >= 15 is 0 Å². The van der Waals surface area contributed by atoms with E-state index in [2.05, 4.69) is 17.5 Å². The van der Waals surface area contributed by atoms with Gasteiger partial charge in [0.2, 0.25) is 0 Å². The monoisotopic (exact) mass is 305 g/mol. The number of anilines is 1. The van der Waals surface area contributed by atoms with Gasteiger partial charge in [0.15, 0.2) is 0 Å². The van der Waals surface area contributed by atoms with Crippen LogP contribution >= 0.6 is 23.2 Å². The third-order valence-electron chi connectivity index (χ3n) is 3.18. The van der Waals surface area contributed by atoms with E-state index in [0.717, 1.165) is 29.1 Å². The highest BCUT2D eigenvalue weighted by atomic mass is 35.5. The maximum atomic E-state index is 6.13. The number of hydrogen-bond donors (Lipinski definition) is 1. The van der Waals surface area contributed by atoms with E-state index in [1.54, 1.807) is 0 Å². The molecule has 20 heavy (non-hydrogen) atoms. The minimum Gasteiger partial charge on any atom is -0.489 e. The molecule has 4 heteroatoms. The molecule has 0 fully saturated rings. The quantitative estimate of drug-likeness (QED) is 0.860. The summed E-state index contributed by atoms with van der Waals surface area (Å²) in [5.74, 6) is 0.799. The minimum atomic E-state index is 0.356. The zero-order valence-corrected chi connectivity index (χ0v) is 12.2. The van der Waals surface area contributed by atoms with E-state index < -0.39 is 0 Å². The molecule has 2 aromatic carbocycles. The van der Waals surface area contributed by atoms with Gasteiger partial charge in [-0.1, -0.05) is 41.4 Å². The maximum absolute atomic E-state index is 6.13. The first-order valence-electron chi connectivity index (χ1n) is 6.34. The second-order valence-electron chi connectivity index (χ2n) is 4.52. The second kappa shape index (κ2) is 5.78. The summed E-state index contributed by atoms with van der Waals surface area (Å²) in [5, 5.41) is 4.54. The SMILES string of the molecule is Clc1cccc(Cl)c1COc1ccc2c(c1)C=CCN2. The molecule has 0 atom stereocenters. The van der Waals surface area contributed by atoms with Crippen molar-refractivity contribution < 1.29 is 4.74 Å². The van der Waals surface area contributed by atoms with Crippen molar-refractivity contribution in [3.63, 3.8) is 0 Å². The largest absolute Gasteiger partial charge is 0.489 e. The van der Waals surface area contributed by atoms with E-state index in [9.17, 15) is 0 Å². The first-order chi connectivity index (χ1) is 9.74. The average Bonchev–Trinajstić information content (AvgIpc) is 2.46. The second-order valence-corrected chi connectivity index (χ2v) is 5.34. The smallest absolute Gasteiger partial charge is 0.120 e. The van der Waals surface area contributed by atoms with Crippen molar-refractivity contribution in [3.05, 3.63) is 63.6 Å². The van der Waals surface area contributed by atoms with E-state index in [1.165, 1.54) is 0 Å². The lowest BCUT2D eigenvalue weighted by Crippen LogP contribution is -2.04. The van der Waals surface area contributed by atoms with Crippen LogP contribution in [0.1, 0.15) is 11.1 Å². The number of rotatable bonds is 3. The summed E-state index contributed by atoms with van der Waals surface area (Å²) < 4.78 is 5.79. The Bertz CT molecular complexity index is 647. The van der Waals surface area contributed by atoms with Gasteiger partial charge in [-0.2, -0.15) is 0 Å². The van der Waals surface area contributed by atoms with Gasteiger partial charge >= 0.3 is 0 Å². The van der Waals surface area contributed by atoms with Gasteiger partial charge in [0.25, 0.3) is 0 Å². The van der Waals surface area contributed by atoms with E-state index in [1.807, 2.05) is 36.4 Å². The zero-order chi connectivity index (χ0) is 13.9. The summed E-state index contributed by atoms with van der Waals surface area (Å²) in [6, 6.07) is 11.4. The molecule has 1 aliphatic rings. The van der Waals surface area contributed by atoms with E-state index in [0.29, 0.717) is 16.7 Å². The Morgan fingerprint density at radius 3 is 2.70 bits per heavy atom. The zero-order valence-electron chi connectivity index (χ0n) is 10.7. The maximum Gasteiger partial charge on any atom is 0.120 e. The van der Waals surface area contributed by atoms with Crippen molar-refractivity contribution in [2.45, 2.75) is 6.61 Å². The number of ether oxygens (including phenoxy) is 1. The first-order valence-corrected chi connectivity index (χ1v) is 7.10. The predicted octanol–water partition coefficient (Wildman–Crippen LogP) is 5.01. The summed E-state index contributed by atoms with van der Waals surface area (Å²) in [6.07, 6.45) is 4.16. The van der Waals surface area contributed by atoms with Crippen LogP contribution in [-0.2, 0) is 6.61 Å². The van der Waals surface area contributed by atoms with Crippen molar-refractivity contribution >= 4 is 35.0 Å². The van der Waals surface area contributed by atoms with Crippen molar-refractivity contribution in [2.24, 2.45) is 0 Å². The van der Waals surface area contributed by atoms with Gasteiger partial charge in [0.05, 0.1) is 0 Å². The molecule has 0 amide bonds. The van der Waals surface area contributed by atoms with Crippen LogP contribution in [0, 0.1) is 0 Å². The van der Waals surface area contributed by atoms with E-state index in [-0.39, 0.29) is 0 Å². The van der Waals surface area contributed by atoms with Crippen molar-refractivity contribution in [1.29, 1.82) is 0 Å². The van der Waals surface area contributed by atoms with Crippen LogP contribution in [0.5, 0.6) is 5.75 Å². The molecule has 0 aliphatic carbocycles. The molecule has 1 N–H and O–H groups in total. The number of fused-ring (bicyclic) bond motifs is 1. The van der Waals surface area contributed by atoms with Crippen LogP contribution in [0.4, 0.5) is 5.69 Å². The van der Waals surface area contributed by atoms with Crippen LogP contribution in [-0.4, -0.2) is 6.54 Å². The molecule has 0 unspecified atom stereocenters. The van der Waals surface area contributed by atoms with E-state index in [4.69, 9.17) is 27.9 Å². The molecule has 1 aliphatic heterocycles. The topological polar surface area (TPSA) is 21.3 Å². The molecular formula is C16H13Cl2NO. The summed E-state index contributed by atoms with van der Waals surface area (Å²) in [4.78, 5) is 0. The fourth-order valence-corrected chi connectivity index (χ4v) is 2.62. The molecule has 0 saturated heterocycles.